The summed E-state index contributed by atoms with van der Waals surface area (Å²) in [5.41, 5.74) is 5.07. The topological polar surface area (TPSA) is 13.3 Å². The van der Waals surface area contributed by atoms with E-state index < -0.39 is 0 Å². The maximum atomic E-state index is 2.44. The number of rotatable bonds is 6. The third-order valence-corrected chi connectivity index (χ3v) is 6.61. The fraction of sp³-hybridized carbons (Fsp3) is 0.778. The van der Waals surface area contributed by atoms with E-state index in [1.165, 1.54) is 97.4 Å². The van der Waals surface area contributed by atoms with E-state index in [0.29, 0.717) is 0 Å². The number of hydrogen-bond donors (Lipinski definition) is 3. The second kappa shape index (κ2) is 16.8. The lowest BCUT2D eigenvalue weighted by atomic mass is 9.99. The molecule has 174 valence electrons. The Kier molecular flexibility index (Phi) is 15.2. The van der Waals surface area contributed by atoms with Gasteiger partial charge in [-0.25, -0.2) is 0 Å². The van der Waals surface area contributed by atoms with Crippen molar-refractivity contribution >= 4 is 0 Å². The summed E-state index contributed by atoms with van der Waals surface area (Å²) in [5.74, 6) is 0. The fourth-order valence-corrected chi connectivity index (χ4v) is 5.19. The Labute approximate surface area is 188 Å². The first kappa shape index (κ1) is 27.1. The van der Waals surface area contributed by atoms with Crippen molar-refractivity contribution in [3.8, 4) is 0 Å². The molecule has 3 heterocycles. The third-order valence-electron chi connectivity index (χ3n) is 6.61. The molecular formula is C27H54N3+3. The number of hydrogen-bond acceptors (Lipinski definition) is 0. The van der Waals surface area contributed by atoms with Gasteiger partial charge in [0.15, 0.2) is 0 Å². The lowest BCUT2D eigenvalue weighted by molar-refractivity contribution is -0.907. The van der Waals surface area contributed by atoms with Crippen LogP contribution in [0.1, 0.15) is 96.8 Å². The van der Waals surface area contributed by atoms with Crippen LogP contribution in [-0.4, -0.2) is 39.3 Å². The minimum atomic E-state index is 1.27. The van der Waals surface area contributed by atoms with Gasteiger partial charge in [-0.15, -0.1) is 0 Å². The van der Waals surface area contributed by atoms with Crippen molar-refractivity contribution in [2.45, 2.75) is 99.7 Å². The standard InChI is InChI=1S/C21H33N3.3C2H6/c1-2-11-22(10-1)16-19-8-7-9-20(17-23-12-3-4-13-23)21(19)18-24-14-5-6-15-24;3*1-2/h7-9H,1-6,10-18H2;3*1-2H3/p+3. The molecular weight excluding hydrogens is 366 g/mol. The SMILES string of the molecule is CC.CC.CC.c1cc(C[NH+]2CCCC2)c(C[NH+]2CCCC2)c(C[NH+]2CCCC2)c1. The zero-order chi connectivity index (χ0) is 22.2. The zero-order valence-corrected chi connectivity index (χ0v) is 21.3. The maximum absolute atomic E-state index is 2.44. The van der Waals surface area contributed by atoms with E-state index in [9.17, 15) is 0 Å². The Hall–Kier alpha value is -0.900. The molecule has 3 saturated heterocycles. The van der Waals surface area contributed by atoms with Crippen molar-refractivity contribution in [1.29, 1.82) is 0 Å². The van der Waals surface area contributed by atoms with Gasteiger partial charge in [0.25, 0.3) is 0 Å². The monoisotopic (exact) mass is 420 g/mol. The quantitative estimate of drug-likeness (QED) is 0.625. The molecule has 0 atom stereocenters. The summed E-state index contributed by atoms with van der Waals surface area (Å²) in [4.78, 5) is 5.47. The van der Waals surface area contributed by atoms with Crippen LogP contribution in [0.2, 0.25) is 0 Å². The van der Waals surface area contributed by atoms with Crippen LogP contribution in [0, 0.1) is 0 Å². The van der Waals surface area contributed by atoms with Crippen molar-refractivity contribution in [1.82, 2.24) is 0 Å². The predicted octanol–water partition coefficient (Wildman–Crippen LogP) is 2.30. The molecule has 1 aromatic rings. The molecule has 3 aliphatic rings. The molecule has 3 heteroatoms. The van der Waals surface area contributed by atoms with Gasteiger partial charge in [-0.05, 0) is 0 Å². The highest BCUT2D eigenvalue weighted by Gasteiger charge is 2.25. The Balaban J connectivity index is 0.000000691. The highest BCUT2D eigenvalue weighted by atomic mass is 15.2. The summed E-state index contributed by atoms with van der Waals surface area (Å²) < 4.78 is 0. The fourth-order valence-electron chi connectivity index (χ4n) is 5.19. The van der Waals surface area contributed by atoms with Crippen LogP contribution in [0.5, 0.6) is 0 Å². The summed E-state index contributed by atoms with van der Waals surface area (Å²) in [6.45, 7) is 24.1. The molecule has 3 N–H and O–H groups in total. The molecule has 30 heavy (non-hydrogen) atoms. The first-order chi connectivity index (χ1) is 14.9. The molecule has 0 bridgehead atoms. The van der Waals surface area contributed by atoms with E-state index >= 15 is 0 Å². The van der Waals surface area contributed by atoms with Crippen molar-refractivity contribution in [3.63, 3.8) is 0 Å². The van der Waals surface area contributed by atoms with E-state index in [0.717, 1.165) is 0 Å². The number of quaternary nitrogens is 3. The molecule has 0 saturated carbocycles. The van der Waals surface area contributed by atoms with Crippen molar-refractivity contribution in [2.24, 2.45) is 0 Å². The highest BCUT2D eigenvalue weighted by Crippen LogP contribution is 2.14. The molecule has 0 aromatic heterocycles. The predicted molar refractivity (Wildman–Crippen MR) is 131 cm³/mol. The maximum Gasteiger partial charge on any atom is 0.104 e. The third kappa shape index (κ3) is 8.69. The van der Waals surface area contributed by atoms with Crippen LogP contribution in [-0.2, 0) is 19.6 Å². The Morgan fingerprint density at radius 2 is 0.800 bits per heavy atom. The second-order valence-corrected chi connectivity index (χ2v) is 8.46. The van der Waals surface area contributed by atoms with E-state index in [2.05, 4.69) is 18.2 Å². The minimum absolute atomic E-state index is 1.27. The Morgan fingerprint density at radius 3 is 1.13 bits per heavy atom. The van der Waals surface area contributed by atoms with Gasteiger partial charge in [0.2, 0.25) is 0 Å². The lowest BCUT2D eigenvalue weighted by Gasteiger charge is -2.22. The largest absolute Gasteiger partial charge is 0.331 e. The van der Waals surface area contributed by atoms with E-state index in [1.807, 2.05) is 56.2 Å². The minimum Gasteiger partial charge on any atom is -0.331 e. The molecule has 1 aromatic carbocycles. The van der Waals surface area contributed by atoms with Crippen LogP contribution in [0.15, 0.2) is 18.2 Å². The van der Waals surface area contributed by atoms with E-state index in [-0.39, 0.29) is 0 Å². The first-order valence-corrected chi connectivity index (χ1v) is 13.5. The van der Waals surface area contributed by atoms with E-state index in [4.69, 9.17) is 0 Å². The summed E-state index contributed by atoms with van der Waals surface area (Å²) in [5, 5.41) is 0. The molecule has 4 rings (SSSR count). The Morgan fingerprint density at radius 1 is 0.500 bits per heavy atom. The van der Waals surface area contributed by atoms with Gasteiger partial charge in [-0.1, -0.05) is 59.7 Å². The average molecular weight is 421 g/mol. The molecule has 0 amide bonds. The van der Waals surface area contributed by atoms with Gasteiger partial charge in [-0.3, -0.25) is 0 Å². The first-order valence-electron chi connectivity index (χ1n) is 13.5. The normalized spacial score (nSPS) is 19.4. The average Bonchev–Trinajstić information content (AvgIpc) is 3.59. The summed E-state index contributed by atoms with van der Waals surface area (Å²) in [7, 11) is 0. The van der Waals surface area contributed by atoms with Gasteiger partial charge in [-0.2, -0.15) is 0 Å². The molecule has 3 fully saturated rings. The molecule has 0 spiro atoms. The van der Waals surface area contributed by atoms with Crippen LogP contribution in [0.4, 0.5) is 0 Å². The van der Waals surface area contributed by atoms with Crippen LogP contribution >= 0.6 is 0 Å². The molecule has 0 radical (unpaired) electrons. The van der Waals surface area contributed by atoms with Gasteiger partial charge in [0.1, 0.15) is 19.6 Å². The van der Waals surface area contributed by atoms with Gasteiger partial charge in [0, 0.05) is 55.2 Å². The lowest BCUT2D eigenvalue weighted by Crippen LogP contribution is -3.10. The zero-order valence-electron chi connectivity index (χ0n) is 21.3. The van der Waals surface area contributed by atoms with Crippen molar-refractivity contribution in [2.75, 3.05) is 39.3 Å². The Bertz CT molecular complexity index is 489. The molecule has 3 aliphatic heterocycles. The van der Waals surface area contributed by atoms with Gasteiger partial charge < -0.3 is 14.7 Å². The van der Waals surface area contributed by atoms with Crippen LogP contribution in [0.25, 0.3) is 0 Å². The summed E-state index contributed by atoms with van der Waals surface area (Å²) >= 11 is 0. The van der Waals surface area contributed by atoms with Gasteiger partial charge in [0.05, 0.1) is 39.3 Å². The summed E-state index contributed by atoms with van der Waals surface area (Å²) in [6.07, 6.45) is 8.59. The molecule has 3 nitrogen and oxygen atoms in total. The highest BCUT2D eigenvalue weighted by molar-refractivity contribution is 5.34. The smallest absolute Gasteiger partial charge is 0.104 e. The van der Waals surface area contributed by atoms with Crippen LogP contribution < -0.4 is 14.7 Å². The number of benzene rings is 1. The van der Waals surface area contributed by atoms with Crippen molar-refractivity contribution < 1.29 is 14.7 Å². The summed E-state index contributed by atoms with van der Waals surface area (Å²) in [6, 6.07) is 7.23. The second-order valence-electron chi connectivity index (χ2n) is 8.46. The number of nitrogens with one attached hydrogen (secondary N) is 3. The van der Waals surface area contributed by atoms with Crippen LogP contribution in [0.3, 0.4) is 0 Å². The van der Waals surface area contributed by atoms with E-state index in [1.54, 1.807) is 16.7 Å². The molecule has 0 aliphatic carbocycles. The van der Waals surface area contributed by atoms with Gasteiger partial charge >= 0.3 is 0 Å². The molecule has 0 unspecified atom stereocenters. The number of likely N-dealkylation sites (tertiary alicyclic amines) is 3. The van der Waals surface area contributed by atoms with Crippen molar-refractivity contribution in [3.05, 3.63) is 34.9 Å².